The summed E-state index contributed by atoms with van der Waals surface area (Å²) in [6, 6.07) is 9.35. The first-order chi connectivity index (χ1) is 10.7. The Hall–Kier alpha value is -1.68. The maximum absolute atomic E-state index is 12.8. The number of carbonyl (C=O) groups excluding carboxylic acids is 2. The number of rotatable bonds is 5. The summed E-state index contributed by atoms with van der Waals surface area (Å²) in [5, 5.41) is 0. The molecule has 4 nitrogen and oxygen atoms in total. The van der Waals surface area contributed by atoms with Gasteiger partial charge in [0.2, 0.25) is 6.29 Å². The van der Waals surface area contributed by atoms with Crippen molar-refractivity contribution in [2.24, 2.45) is 11.3 Å². The molecule has 0 radical (unpaired) electrons. The molecule has 0 bridgehead atoms. The lowest BCUT2D eigenvalue weighted by atomic mass is 9.79. The van der Waals surface area contributed by atoms with Crippen LogP contribution in [0.5, 0.6) is 0 Å². The van der Waals surface area contributed by atoms with Crippen LogP contribution in [-0.4, -0.2) is 18.0 Å². The Morgan fingerprint density at radius 1 is 1.26 bits per heavy atom. The molecule has 0 spiro atoms. The molecule has 0 amide bonds. The fraction of sp³-hybridized carbons (Fsp3) is 0.579. The van der Waals surface area contributed by atoms with Crippen molar-refractivity contribution in [3.05, 3.63) is 35.9 Å². The van der Waals surface area contributed by atoms with Crippen LogP contribution in [0.1, 0.15) is 53.0 Å². The van der Waals surface area contributed by atoms with Crippen molar-refractivity contribution in [3.8, 4) is 0 Å². The Kier molecular flexibility index (Phi) is 4.95. The Balaban J connectivity index is 2.45. The van der Waals surface area contributed by atoms with Crippen molar-refractivity contribution < 1.29 is 19.1 Å². The molecule has 1 aliphatic rings. The molecular formula is C19H26O4. The highest BCUT2D eigenvalue weighted by Gasteiger charge is 2.57. The third-order valence-corrected chi connectivity index (χ3v) is 4.34. The third-order valence-electron chi connectivity index (χ3n) is 4.34. The second kappa shape index (κ2) is 6.44. The van der Waals surface area contributed by atoms with E-state index in [4.69, 9.17) is 9.47 Å². The highest BCUT2D eigenvalue weighted by molar-refractivity contribution is 5.85. The zero-order valence-electron chi connectivity index (χ0n) is 14.6. The van der Waals surface area contributed by atoms with E-state index in [1.807, 2.05) is 65.0 Å². The summed E-state index contributed by atoms with van der Waals surface area (Å²) in [4.78, 5) is 24.7. The van der Waals surface area contributed by atoms with Gasteiger partial charge in [0.05, 0.1) is 0 Å². The lowest BCUT2D eigenvalue weighted by Gasteiger charge is -2.33. The standard InChI is InChI=1S/C19H26O4/c1-6-15(20)12-13(2)19(14-10-8-7-9-11-14)16(21)22-17(23-19)18(3,4)5/h7-11,13,17H,6,12H2,1-5H3/t13-,17+,19-/m0/s1. The number of ketones is 1. The van der Waals surface area contributed by atoms with Crippen molar-refractivity contribution >= 4 is 11.8 Å². The summed E-state index contributed by atoms with van der Waals surface area (Å²) in [6.45, 7) is 9.61. The average Bonchev–Trinajstić information content (AvgIpc) is 2.86. The summed E-state index contributed by atoms with van der Waals surface area (Å²) in [5.41, 5.74) is -0.807. The van der Waals surface area contributed by atoms with Gasteiger partial charge in [0.25, 0.3) is 0 Å². The SMILES string of the molecule is CCC(=O)C[C@H](C)[C@@]1(c2ccccc2)O[C@H](C(C)(C)C)OC1=O. The fourth-order valence-corrected chi connectivity index (χ4v) is 2.88. The minimum absolute atomic E-state index is 0.114. The molecule has 0 aromatic heterocycles. The number of hydrogen-bond donors (Lipinski definition) is 0. The van der Waals surface area contributed by atoms with Gasteiger partial charge in [-0.2, -0.15) is 0 Å². The molecule has 1 saturated heterocycles. The van der Waals surface area contributed by atoms with Crippen LogP contribution in [0.4, 0.5) is 0 Å². The van der Waals surface area contributed by atoms with Crippen molar-refractivity contribution in [2.75, 3.05) is 0 Å². The van der Waals surface area contributed by atoms with E-state index in [2.05, 4.69) is 0 Å². The van der Waals surface area contributed by atoms with Gasteiger partial charge in [-0.25, -0.2) is 4.79 Å². The average molecular weight is 318 g/mol. The quantitative estimate of drug-likeness (QED) is 0.774. The minimum atomic E-state index is -1.22. The van der Waals surface area contributed by atoms with Crippen molar-refractivity contribution in [2.45, 2.75) is 59.4 Å². The van der Waals surface area contributed by atoms with Gasteiger partial charge < -0.3 is 9.47 Å². The van der Waals surface area contributed by atoms with Crippen LogP contribution in [0.25, 0.3) is 0 Å². The number of hydrogen-bond acceptors (Lipinski definition) is 4. The van der Waals surface area contributed by atoms with Gasteiger partial charge >= 0.3 is 5.97 Å². The van der Waals surface area contributed by atoms with E-state index in [-0.39, 0.29) is 23.5 Å². The van der Waals surface area contributed by atoms with Gasteiger partial charge in [0, 0.05) is 24.2 Å². The summed E-state index contributed by atoms with van der Waals surface area (Å²) in [5.74, 6) is -0.583. The second-order valence-corrected chi connectivity index (χ2v) is 7.32. The molecule has 1 fully saturated rings. The fourth-order valence-electron chi connectivity index (χ4n) is 2.88. The van der Waals surface area contributed by atoms with E-state index in [1.165, 1.54) is 0 Å². The third kappa shape index (κ3) is 3.32. The molecule has 0 aliphatic carbocycles. The van der Waals surface area contributed by atoms with Gasteiger partial charge in [-0.15, -0.1) is 0 Å². The monoisotopic (exact) mass is 318 g/mol. The predicted molar refractivity (Wildman–Crippen MR) is 87.6 cm³/mol. The zero-order chi connectivity index (χ0) is 17.3. The minimum Gasteiger partial charge on any atom is -0.433 e. The van der Waals surface area contributed by atoms with Crippen LogP contribution in [0, 0.1) is 11.3 Å². The normalized spacial score (nSPS) is 26.0. The van der Waals surface area contributed by atoms with Crippen LogP contribution in [-0.2, 0) is 24.7 Å². The Bertz CT molecular complexity index is 573. The van der Waals surface area contributed by atoms with Gasteiger partial charge in [0.1, 0.15) is 5.78 Å². The maximum atomic E-state index is 12.8. The smallest absolute Gasteiger partial charge is 0.345 e. The highest BCUT2D eigenvalue weighted by Crippen LogP contribution is 2.46. The van der Waals surface area contributed by atoms with Crippen LogP contribution >= 0.6 is 0 Å². The first-order valence-electron chi connectivity index (χ1n) is 8.18. The number of esters is 1. The molecule has 1 aliphatic heterocycles. The van der Waals surface area contributed by atoms with Gasteiger partial charge in [0.15, 0.2) is 5.60 Å². The number of benzene rings is 1. The molecular weight excluding hydrogens is 292 g/mol. The molecule has 1 aromatic rings. The van der Waals surface area contributed by atoms with Gasteiger partial charge in [-0.3, -0.25) is 4.79 Å². The number of ether oxygens (including phenoxy) is 2. The van der Waals surface area contributed by atoms with Crippen LogP contribution in [0.15, 0.2) is 30.3 Å². The number of Topliss-reactive ketones (excluding diaryl/α,β-unsaturated/α-hetero) is 1. The van der Waals surface area contributed by atoms with E-state index in [1.54, 1.807) is 0 Å². The Morgan fingerprint density at radius 2 is 1.87 bits per heavy atom. The van der Waals surface area contributed by atoms with E-state index in [9.17, 15) is 9.59 Å². The van der Waals surface area contributed by atoms with Crippen molar-refractivity contribution in [3.63, 3.8) is 0 Å². The van der Waals surface area contributed by atoms with Crippen molar-refractivity contribution in [1.29, 1.82) is 0 Å². The molecule has 0 unspecified atom stereocenters. The van der Waals surface area contributed by atoms with E-state index < -0.39 is 17.9 Å². The maximum Gasteiger partial charge on any atom is 0.345 e. The summed E-state index contributed by atoms with van der Waals surface area (Å²) >= 11 is 0. The molecule has 0 N–H and O–H groups in total. The molecule has 2 rings (SSSR count). The van der Waals surface area contributed by atoms with Crippen molar-refractivity contribution in [1.82, 2.24) is 0 Å². The van der Waals surface area contributed by atoms with E-state index in [0.29, 0.717) is 6.42 Å². The number of carbonyl (C=O) groups is 2. The molecule has 3 atom stereocenters. The van der Waals surface area contributed by atoms with Crippen LogP contribution < -0.4 is 0 Å². The molecule has 4 heteroatoms. The highest BCUT2D eigenvalue weighted by atomic mass is 16.8. The summed E-state index contributed by atoms with van der Waals surface area (Å²) in [7, 11) is 0. The lowest BCUT2D eigenvalue weighted by molar-refractivity contribution is -0.162. The predicted octanol–water partition coefficient (Wildman–Crippen LogP) is 3.83. The molecule has 1 aromatic carbocycles. The number of cyclic esters (lactones) is 1. The largest absolute Gasteiger partial charge is 0.433 e. The molecule has 23 heavy (non-hydrogen) atoms. The van der Waals surface area contributed by atoms with E-state index >= 15 is 0 Å². The first-order valence-corrected chi connectivity index (χ1v) is 8.18. The molecule has 0 saturated carbocycles. The summed E-state index contributed by atoms with van der Waals surface area (Å²) < 4.78 is 11.8. The van der Waals surface area contributed by atoms with Gasteiger partial charge in [-0.1, -0.05) is 65.0 Å². The first kappa shape index (κ1) is 17.7. The zero-order valence-corrected chi connectivity index (χ0v) is 14.6. The van der Waals surface area contributed by atoms with Crippen LogP contribution in [0.2, 0.25) is 0 Å². The topological polar surface area (TPSA) is 52.6 Å². The van der Waals surface area contributed by atoms with Gasteiger partial charge in [-0.05, 0) is 5.56 Å². The van der Waals surface area contributed by atoms with Crippen LogP contribution in [0.3, 0.4) is 0 Å². The lowest BCUT2D eigenvalue weighted by Crippen LogP contribution is -2.42. The molecule has 126 valence electrons. The molecule has 1 heterocycles. The Morgan fingerprint density at radius 3 is 2.35 bits per heavy atom. The van der Waals surface area contributed by atoms with E-state index in [0.717, 1.165) is 5.56 Å². The second-order valence-electron chi connectivity index (χ2n) is 7.32. The Labute approximate surface area is 138 Å². The summed E-state index contributed by atoms with van der Waals surface area (Å²) in [6.07, 6.45) is 0.110.